The Bertz CT molecular complexity index is 1660. The summed E-state index contributed by atoms with van der Waals surface area (Å²) < 4.78 is 13.8. The van der Waals surface area contributed by atoms with Crippen molar-refractivity contribution in [3.05, 3.63) is 143 Å². The minimum Gasteiger partial charge on any atom is -0.392 e. The summed E-state index contributed by atoms with van der Waals surface area (Å²) in [5.74, 6) is -0.122. The first-order valence-electron chi connectivity index (χ1n) is 18.4. The Hall–Kier alpha value is -4.34. The van der Waals surface area contributed by atoms with Crippen LogP contribution in [0.1, 0.15) is 90.7 Å². The summed E-state index contributed by atoms with van der Waals surface area (Å²) in [6.07, 6.45) is 5.70. The van der Waals surface area contributed by atoms with Gasteiger partial charge in [0, 0.05) is 24.6 Å². The number of Topliss-reactive ketones (excluding diaryl/α,β-unsaturated/α-hetero) is 1. The molecule has 2 fully saturated rings. The third kappa shape index (κ3) is 10.1. The molecule has 2 heterocycles. The zero-order chi connectivity index (χ0) is 35.4. The van der Waals surface area contributed by atoms with Crippen molar-refractivity contribution in [3.63, 3.8) is 0 Å². The summed E-state index contributed by atoms with van der Waals surface area (Å²) in [5.41, 5.74) is 5.91. The highest BCUT2D eigenvalue weighted by Crippen LogP contribution is 2.47. The molecule has 0 spiro atoms. The lowest BCUT2D eigenvalue weighted by atomic mass is 9.83. The predicted molar refractivity (Wildman–Crippen MR) is 199 cm³/mol. The number of aliphatic hydroxyl groups is 1. The first-order chi connectivity index (χ1) is 25.0. The second kappa shape index (κ2) is 18.2. The fraction of sp³-hybridized carbons (Fsp3) is 0.395. The lowest BCUT2D eigenvalue weighted by Crippen LogP contribution is -2.46. The first kappa shape index (κ1) is 36.5. The summed E-state index contributed by atoms with van der Waals surface area (Å²) in [5, 5.41) is 15.5. The van der Waals surface area contributed by atoms with Crippen LogP contribution in [0.5, 0.6) is 0 Å². The largest absolute Gasteiger partial charge is 0.392 e. The maximum absolute atomic E-state index is 12.8. The quantitative estimate of drug-likeness (QED) is 0.144. The molecule has 268 valence electrons. The third-order valence-corrected chi connectivity index (χ3v) is 10.1. The van der Waals surface area contributed by atoms with Crippen molar-refractivity contribution >= 4 is 11.8 Å². The van der Waals surface area contributed by atoms with E-state index < -0.39 is 12.3 Å². The van der Waals surface area contributed by atoms with Gasteiger partial charge in [-0.2, -0.15) is 0 Å². The van der Waals surface area contributed by atoms with Gasteiger partial charge in [-0.15, -0.1) is 0 Å². The Morgan fingerprint density at radius 3 is 1.98 bits per heavy atom. The third-order valence-electron chi connectivity index (χ3n) is 10.1. The van der Waals surface area contributed by atoms with Crippen LogP contribution in [0.3, 0.4) is 0 Å². The van der Waals surface area contributed by atoms with Crippen LogP contribution in [-0.2, 0) is 33.8 Å². The predicted octanol–water partition coefficient (Wildman–Crippen LogP) is 7.38. The zero-order valence-electron chi connectivity index (χ0n) is 29.6. The molecule has 5 atom stereocenters. The molecule has 51 heavy (non-hydrogen) atoms. The lowest BCUT2D eigenvalue weighted by Gasteiger charge is -2.44. The monoisotopic (exact) mass is 689 g/mol. The number of likely N-dealkylation sites (tertiary alicyclic amines) is 1. The SMILES string of the molecule is CC(=O)C(Cc1ccccc1)NC(=O)NCc1ccc(C2OC(CN3CCCCCCC3)C(c3ccccc3)C(c3ccc(CO)cc3)O2)cc1. The highest BCUT2D eigenvalue weighted by Gasteiger charge is 2.42. The maximum Gasteiger partial charge on any atom is 0.315 e. The maximum atomic E-state index is 12.8. The highest BCUT2D eigenvalue weighted by atomic mass is 16.7. The van der Waals surface area contributed by atoms with E-state index in [1.165, 1.54) is 44.6 Å². The average Bonchev–Trinajstić information content (AvgIpc) is 3.15. The Balaban J connectivity index is 1.19. The molecule has 0 saturated carbocycles. The van der Waals surface area contributed by atoms with Crippen molar-refractivity contribution in [2.75, 3.05) is 19.6 Å². The normalized spacial score (nSPS) is 21.9. The number of rotatable bonds is 12. The van der Waals surface area contributed by atoms with Gasteiger partial charge in [-0.05, 0) is 67.1 Å². The van der Waals surface area contributed by atoms with E-state index in [0.29, 0.717) is 13.0 Å². The Morgan fingerprint density at radius 1 is 0.725 bits per heavy atom. The molecule has 2 amide bonds. The van der Waals surface area contributed by atoms with Crippen molar-refractivity contribution in [2.45, 2.75) is 89.1 Å². The topological polar surface area (TPSA) is 100 Å². The molecule has 0 bridgehead atoms. The van der Waals surface area contributed by atoms with Gasteiger partial charge in [0.25, 0.3) is 0 Å². The number of nitrogens with one attached hydrogen (secondary N) is 2. The molecule has 0 radical (unpaired) electrons. The van der Waals surface area contributed by atoms with Gasteiger partial charge in [-0.1, -0.05) is 128 Å². The van der Waals surface area contributed by atoms with Crippen LogP contribution in [0.4, 0.5) is 4.79 Å². The fourth-order valence-corrected chi connectivity index (χ4v) is 7.25. The van der Waals surface area contributed by atoms with Crippen LogP contribution in [0.15, 0.2) is 109 Å². The average molecular weight is 690 g/mol. The molecular weight excluding hydrogens is 638 g/mol. The molecule has 4 aromatic carbocycles. The van der Waals surface area contributed by atoms with Crippen molar-refractivity contribution in [1.29, 1.82) is 0 Å². The molecule has 5 unspecified atom stereocenters. The molecule has 0 aromatic heterocycles. The van der Waals surface area contributed by atoms with E-state index in [4.69, 9.17) is 9.47 Å². The number of urea groups is 1. The molecule has 2 aliphatic rings. The molecule has 8 nitrogen and oxygen atoms in total. The molecule has 3 N–H and O–H groups in total. The standard InChI is InChI=1S/C43H51N3O5/c1-31(48)38(27-32-13-7-5-8-14-32)45-43(49)44-28-33-17-23-37(24-18-33)42-50-39(29-46-25-11-3-2-4-12-26-46)40(35-15-9-6-10-16-35)41(51-42)36-21-19-34(30-47)20-22-36/h5-10,13-24,38-42,47H,2-4,11-12,25-30H2,1H3,(H2,44,45,49). The van der Waals surface area contributed by atoms with Gasteiger partial charge in [-0.25, -0.2) is 4.79 Å². The summed E-state index contributed by atoms with van der Waals surface area (Å²) in [6.45, 7) is 4.74. The van der Waals surface area contributed by atoms with Crippen molar-refractivity contribution in [2.24, 2.45) is 0 Å². The van der Waals surface area contributed by atoms with E-state index in [1.54, 1.807) is 0 Å². The highest BCUT2D eigenvalue weighted by molar-refractivity contribution is 5.87. The van der Waals surface area contributed by atoms with Gasteiger partial charge in [0.05, 0.1) is 24.9 Å². The van der Waals surface area contributed by atoms with E-state index >= 15 is 0 Å². The van der Waals surface area contributed by atoms with Gasteiger partial charge in [0.1, 0.15) is 0 Å². The van der Waals surface area contributed by atoms with Gasteiger partial charge < -0.3 is 30.1 Å². The Kier molecular flexibility index (Phi) is 13.0. The van der Waals surface area contributed by atoms with Crippen molar-refractivity contribution in [3.8, 4) is 0 Å². The number of carbonyl (C=O) groups is 2. The number of carbonyl (C=O) groups excluding carboxylic acids is 2. The van der Waals surface area contributed by atoms with Crippen LogP contribution >= 0.6 is 0 Å². The zero-order valence-corrected chi connectivity index (χ0v) is 29.6. The molecule has 4 aromatic rings. The van der Waals surface area contributed by atoms with Crippen LogP contribution in [0.2, 0.25) is 0 Å². The molecule has 8 heteroatoms. The fourth-order valence-electron chi connectivity index (χ4n) is 7.25. The second-order valence-corrected chi connectivity index (χ2v) is 13.9. The van der Waals surface area contributed by atoms with Gasteiger partial charge in [-0.3, -0.25) is 4.79 Å². The van der Waals surface area contributed by atoms with E-state index in [-0.39, 0.29) is 36.5 Å². The van der Waals surface area contributed by atoms with E-state index in [9.17, 15) is 14.7 Å². The summed E-state index contributed by atoms with van der Waals surface area (Å²) in [4.78, 5) is 27.7. The Labute approximate surface area is 302 Å². The van der Waals surface area contributed by atoms with Crippen LogP contribution < -0.4 is 10.6 Å². The van der Waals surface area contributed by atoms with Crippen molar-refractivity contribution < 1.29 is 24.2 Å². The molecule has 0 aliphatic carbocycles. The number of hydrogen-bond donors (Lipinski definition) is 3. The number of hydrogen-bond acceptors (Lipinski definition) is 6. The summed E-state index contributed by atoms with van der Waals surface area (Å²) in [7, 11) is 0. The van der Waals surface area contributed by atoms with E-state index in [0.717, 1.165) is 47.5 Å². The molecule has 6 rings (SSSR count). The first-order valence-corrected chi connectivity index (χ1v) is 18.4. The van der Waals surface area contributed by atoms with Gasteiger partial charge in [0.15, 0.2) is 12.1 Å². The van der Waals surface area contributed by atoms with Crippen LogP contribution in [0, 0.1) is 0 Å². The smallest absolute Gasteiger partial charge is 0.315 e. The van der Waals surface area contributed by atoms with E-state index in [1.807, 2.05) is 72.8 Å². The van der Waals surface area contributed by atoms with Crippen LogP contribution in [-0.4, -0.2) is 53.6 Å². The molecule has 2 saturated heterocycles. The molecule has 2 aliphatic heterocycles. The molecular formula is C43H51N3O5. The number of nitrogens with zero attached hydrogens (tertiary/aromatic N) is 1. The van der Waals surface area contributed by atoms with Gasteiger partial charge in [0.2, 0.25) is 0 Å². The Morgan fingerprint density at radius 2 is 1.33 bits per heavy atom. The number of benzene rings is 4. The van der Waals surface area contributed by atoms with Crippen LogP contribution in [0.25, 0.3) is 0 Å². The number of amides is 2. The summed E-state index contributed by atoms with van der Waals surface area (Å²) in [6, 6.07) is 35.3. The number of ketones is 1. The lowest BCUT2D eigenvalue weighted by molar-refractivity contribution is -0.263. The van der Waals surface area contributed by atoms with Crippen molar-refractivity contribution in [1.82, 2.24) is 15.5 Å². The minimum atomic E-state index is -0.602. The minimum absolute atomic E-state index is 0.00883. The number of aliphatic hydroxyl groups excluding tert-OH is 1. The summed E-state index contributed by atoms with van der Waals surface area (Å²) >= 11 is 0. The van der Waals surface area contributed by atoms with Gasteiger partial charge >= 0.3 is 6.03 Å². The number of ether oxygens (including phenoxy) is 2. The van der Waals surface area contributed by atoms with E-state index in [2.05, 4.69) is 51.9 Å². The second-order valence-electron chi connectivity index (χ2n) is 13.9.